The Hall–Kier alpha value is -3.14. The number of para-hydroxylation sites is 1. The number of hydrogen-bond donors (Lipinski definition) is 2. The number of nitrogens with one attached hydrogen (secondary N) is 1. The number of nitrogens with two attached hydrogens (primary N) is 1. The third-order valence-electron chi connectivity index (χ3n) is 3.23. The highest BCUT2D eigenvalue weighted by molar-refractivity contribution is 5.94. The minimum Gasteiger partial charge on any atom is -0.438 e. The number of aromatic nitrogens is 1. The van der Waals surface area contributed by atoms with Crippen LogP contribution in [-0.2, 0) is 0 Å². The van der Waals surface area contributed by atoms with Crippen molar-refractivity contribution in [1.82, 2.24) is 4.98 Å². The molecule has 4 nitrogen and oxygen atoms in total. The van der Waals surface area contributed by atoms with E-state index in [4.69, 9.17) is 15.9 Å². The summed E-state index contributed by atoms with van der Waals surface area (Å²) in [4.78, 5) is 4.19. The summed E-state index contributed by atoms with van der Waals surface area (Å²) >= 11 is 0. The number of rotatable bonds is 4. The van der Waals surface area contributed by atoms with Crippen molar-refractivity contribution in [3.05, 3.63) is 78.5 Å². The van der Waals surface area contributed by atoms with Gasteiger partial charge in [-0.3, -0.25) is 5.41 Å². The summed E-state index contributed by atoms with van der Waals surface area (Å²) in [5, 5.41) is 7.37. The average Bonchev–Trinajstić information content (AvgIpc) is 2.57. The van der Waals surface area contributed by atoms with Gasteiger partial charge in [-0.25, -0.2) is 4.98 Å². The maximum atomic E-state index is 7.37. The van der Waals surface area contributed by atoms with Crippen molar-refractivity contribution < 1.29 is 4.74 Å². The molecule has 0 spiro atoms. The Bertz CT molecular complexity index is 783. The first-order valence-corrected chi connectivity index (χ1v) is 6.87. The smallest absolute Gasteiger partial charge is 0.219 e. The molecule has 1 heterocycles. The van der Waals surface area contributed by atoms with Gasteiger partial charge in [-0.2, -0.15) is 0 Å². The topological polar surface area (TPSA) is 72.0 Å². The van der Waals surface area contributed by atoms with Crippen molar-refractivity contribution in [3.8, 4) is 22.8 Å². The van der Waals surface area contributed by atoms with Crippen LogP contribution < -0.4 is 10.5 Å². The predicted molar refractivity (Wildman–Crippen MR) is 87.2 cm³/mol. The van der Waals surface area contributed by atoms with Crippen LogP contribution in [0, 0.1) is 5.41 Å². The Morgan fingerprint density at radius 3 is 2.32 bits per heavy atom. The van der Waals surface area contributed by atoms with Gasteiger partial charge in [0.15, 0.2) is 0 Å². The van der Waals surface area contributed by atoms with Crippen LogP contribution in [0.5, 0.6) is 11.6 Å². The van der Waals surface area contributed by atoms with E-state index in [1.54, 1.807) is 12.1 Å². The molecule has 0 amide bonds. The molecular formula is C18H15N3O. The molecule has 0 aliphatic heterocycles. The van der Waals surface area contributed by atoms with E-state index in [1.165, 1.54) is 6.20 Å². The van der Waals surface area contributed by atoms with Gasteiger partial charge in [0, 0.05) is 23.4 Å². The van der Waals surface area contributed by atoms with Gasteiger partial charge in [-0.1, -0.05) is 48.5 Å². The molecule has 0 aliphatic carbocycles. The van der Waals surface area contributed by atoms with Crippen LogP contribution in [0.2, 0.25) is 0 Å². The lowest BCUT2D eigenvalue weighted by Crippen LogP contribution is -2.11. The van der Waals surface area contributed by atoms with Crippen molar-refractivity contribution >= 4 is 5.84 Å². The van der Waals surface area contributed by atoms with E-state index < -0.39 is 0 Å². The first-order chi connectivity index (χ1) is 10.7. The summed E-state index contributed by atoms with van der Waals surface area (Å²) < 4.78 is 5.88. The lowest BCUT2D eigenvalue weighted by atomic mass is 10.1. The van der Waals surface area contributed by atoms with Gasteiger partial charge in [0.25, 0.3) is 0 Å². The molecule has 0 bridgehead atoms. The van der Waals surface area contributed by atoms with Crippen LogP contribution in [0.4, 0.5) is 0 Å². The Labute approximate surface area is 128 Å². The summed E-state index contributed by atoms with van der Waals surface area (Å²) in [6, 6.07) is 21.3. The third kappa shape index (κ3) is 2.96. The zero-order chi connectivity index (χ0) is 15.4. The fourth-order valence-corrected chi connectivity index (χ4v) is 2.12. The summed E-state index contributed by atoms with van der Waals surface area (Å²) in [6.07, 6.45) is 1.53. The molecule has 2 aromatic carbocycles. The fraction of sp³-hybridized carbons (Fsp3) is 0. The summed E-state index contributed by atoms with van der Waals surface area (Å²) in [5.74, 6) is 1.19. The second-order valence-corrected chi connectivity index (χ2v) is 4.76. The highest BCUT2D eigenvalue weighted by atomic mass is 16.5. The zero-order valence-corrected chi connectivity index (χ0v) is 11.9. The molecule has 1 aromatic heterocycles. The number of benzene rings is 2. The lowest BCUT2D eigenvalue weighted by molar-refractivity contribution is 0.464. The molecule has 0 atom stereocenters. The number of ether oxygens (including phenoxy) is 1. The molecular weight excluding hydrogens is 274 g/mol. The van der Waals surface area contributed by atoms with E-state index in [2.05, 4.69) is 4.98 Å². The van der Waals surface area contributed by atoms with Crippen LogP contribution in [0.25, 0.3) is 11.1 Å². The van der Waals surface area contributed by atoms with E-state index in [0.29, 0.717) is 11.4 Å². The Balaban J connectivity index is 1.91. The van der Waals surface area contributed by atoms with Gasteiger partial charge in [-0.05, 0) is 17.7 Å². The molecule has 108 valence electrons. The van der Waals surface area contributed by atoms with Gasteiger partial charge in [0.2, 0.25) is 5.88 Å². The number of pyridine rings is 1. The second-order valence-electron chi connectivity index (χ2n) is 4.76. The first-order valence-electron chi connectivity index (χ1n) is 6.87. The van der Waals surface area contributed by atoms with Crippen molar-refractivity contribution in [2.75, 3.05) is 0 Å². The normalized spacial score (nSPS) is 10.2. The second kappa shape index (κ2) is 6.10. The van der Waals surface area contributed by atoms with Crippen molar-refractivity contribution in [3.63, 3.8) is 0 Å². The molecule has 4 heteroatoms. The highest BCUT2D eigenvalue weighted by Gasteiger charge is 2.07. The fourth-order valence-electron chi connectivity index (χ4n) is 2.12. The molecule has 0 fully saturated rings. The largest absolute Gasteiger partial charge is 0.438 e. The van der Waals surface area contributed by atoms with E-state index >= 15 is 0 Å². The Morgan fingerprint density at radius 2 is 1.64 bits per heavy atom. The maximum Gasteiger partial charge on any atom is 0.219 e. The SMILES string of the molecule is N=C(N)c1ccc(Oc2ccccc2-c2ccccc2)nc1. The minimum atomic E-state index is -0.0104. The Kier molecular flexibility index (Phi) is 3.83. The quantitative estimate of drug-likeness (QED) is 0.566. The van der Waals surface area contributed by atoms with Crippen LogP contribution in [0.3, 0.4) is 0 Å². The number of hydrogen-bond acceptors (Lipinski definition) is 3. The van der Waals surface area contributed by atoms with Crippen molar-refractivity contribution in [2.45, 2.75) is 0 Å². The standard InChI is InChI=1S/C18H15N3O/c19-18(20)14-10-11-17(21-12-14)22-16-9-5-4-8-15(16)13-6-2-1-3-7-13/h1-12H,(H3,19,20). The molecule has 0 saturated heterocycles. The molecule has 3 rings (SSSR count). The number of amidine groups is 1. The van der Waals surface area contributed by atoms with E-state index in [1.807, 2.05) is 54.6 Å². The highest BCUT2D eigenvalue weighted by Crippen LogP contribution is 2.32. The van der Waals surface area contributed by atoms with Gasteiger partial charge < -0.3 is 10.5 Å². The monoisotopic (exact) mass is 289 g/mol. The van der Waals surface area contributed by atoms with Crippen LogP contribution in [-0.4, -0.2) is 10.8 Å². The van der Waals surface area contributed by atoms with Crippen molar-refractivity contribution in [2.24, 2.45) is 5.73 Å². The molecule has 3 N–H and O–H groups in total. The van der Waals surface area contributed by atoms with Crippen molar-refractivity contribution in [1.29, 1.82) is 5.41 Å². The van der Waals surface area contributed by atoms with E-state index in [-0.39, 0.29) is 5.84 Å². The van der Waals surface area contributed by atoms with Gasteiger partial charge in [-0.15, -0.1) is 0 Å². The predicted octanol–water partition coefficient (Wildman–Crippen LogP) is 3.82. The van der Waals surface area contributed by atoms with Gasteiger partial charge in [0.1, 0.15) is 11.6 Å². The first kappa shape index (κ1) is 13.8. The molecule has 0 saturated carbocycles. The third-order valence-corrected chi connectivity index (χ3v) is 3.23. The zero-order valence-electron chi connectivity index (χ0n) is 11.9. The number of nitrogen functional groups attached to an aromatic ring is 1. The summed E-state index contributed by atoms with van der Waals surface area (Å²) in [6.45, 7) is 0. The molecule has 0 unspecified atom stereocenters. The van der Waals surface area contributed by atoms with Crippen LogP contribution in [0.1, 0.15) is 5.56 Å². The Morgan fingerprint density at radius 1 is 0.909 bits per heavy atom. The number of nitrogens with zero attached hydrogens (tertiary/aromatic N) is 1. The van der Waals surface area contributed by atoms with E-state index in [9.17, 15) is 0 Å². The lowest BCUT2D eigenvalue weighted by Gasteiger charge is -2.10. The molecule has 0 aliphatic rings. The molecule has 22 heavy (non-hydrogen) atoms. The summed E-state index contributed by atoms with van der Waals surface area (Å²) in [5.41, 5.74) is 8.07. The van der Waals surface area contributed by atoms with E-state index in [0.717, 1.165) is 16.9 Å². The van der Waals surface area contributed by atoms with Crippen LogP contribution >= 0.6 is 0 Å². The van der Waals surface area contributed by atoms with Gasteiger partial charge >= 0.3 is 0 Å². The van der Waals surface area contributed by atoms with Crippen LogP contribution in [0.15, 0.2) is 72.9 Å². The molecule has 0 radical (unpaired) electrons. The maximum absolute atomic E-state index is 7.37. The average molecular weight is 289 g/mol. The molecule has 3 aromatic rings. The minimum absolute atomic E-state index is 0.0104. The summed E-state index contributed by atoms with van der Waals surface area (Å²) in [7, 11) is 0. The van der Waals surface area contributed by atoms with Gasteiger partial charge in [0.05, 0.1) is 0 Å².